The van der Waals surface area contributed by atoms with Crippen molar-refractivity contribution >= 4 is 11.9 Å². The summed E-state index contributed by atoms with van der Waals surface area (Å²) >= 11 is 0. The van der Waals surface area contributed by atoms with Gasteiger partial charge in [0.2, 0.25) is 0 Å². The van der Waals surface area contributed by atoms with Crippen LogP contribution in [0, 0.1) is 13.8 Å². The van der Waals surface area contributed by atoms with Crippen LogP contribution in [0.1, 0.15) is 41.8 Å². The summed E-state index contributed by atoms with van der Waals surface area (Å²) in [6.45, 7) is 7.22. The maximum absolute atomic E-state index is 12.1. The van der Waals surface area contributed by atoms with Crippen LogP contribution in [0.15, 0.2) is 18.2 Å². The van der Waals surface area contributed by atoms with E-state index in [9.17, 15) is 9.59 Å². The summed E-state index contributed by atoms with van der Waals surface area (Å²) in [5.74, 6) is -1.17. The molecule has 0 saturated carbocycles. The van der Waals surface area contributed by atoms with Gasteiger partial charge in [0.1, 0.15) is 0 Å². The van der Waals surface area contributed by atoms with Crippen LogP contribution in [0.4, 0.5) is 0 Å². The number of carboxylic acids is 1. The second kappa shape index (κ2) is 5.21. The van der Waals surface area contributed by atoms with E-state index in [1.807, 2.05) is 26.0 Å². The van der Waals surface area contributed by atoms with E-state index in [4.69, 9.17) is 5.11 Å². The van der Waals surface area contributed by atoms with E-state index < -0.39 is 11.5 Å². The number of carbonyl (C=O) groups excluding carboxylic acids is 1. The highest BCUT2D eigenvalue weighted by Gasteiger charge is 2.24. The Kier molecular flexibility index (Phi) is 4.11. The Labute approximate surface area is 107 Å². The third-order valence-corrected chi connectivity index (χ3v) is 2.67. The first-order valence-electron chi connectivity index (χ1n) is 5.83. The minimum absolute atomic E-state index is 0.107. The number of hydrogen-bond acceptors (Lipinski definition) is 2. The van der Waals surface area contributed by atoms with E-state index in [1.54, 1.807) is 19.9 Å². The molecule has 1 rings (SSSR count). The zero-order valence-corrected chi connectivity index (χ0v) is 11.2. The number of nitrogens with one attached hydrogen (secondary N) is 1. The SMILES string of the molecule is Cc1ccc(C(=O)NC(C)(C)CC(=O)O)c(C)c1. The normalized spacial score (nSPS) is 11.1. The van der Waals surface area contributed by atoms with Gasteiger partial charge < -0.3 is 10.4 Å². The maximum atomic E-state index is 12.1. The minimum atomic E-state index is -0.930. The van der Waals surface area contributed by atoms with Crippen molar-refractivity contribution in [3.63, 3.8) is 0 Å². The van der Waals surface area contributed by atoms with E-state index in [2.05, 4.69) is 5.32 Å². The second-order valence-corrected chi connectivity index (χ2v) is 5.23. The quantitative estimate of drug-likeness (QED) is 0.860. The Bertz CT molecular complexity index is 478. The number of amides is 1. The molecule has 18 heavy (non-hydrogen) atoms. The molecular formula is C14H19NO3. The molecule has 0 atom stereocenters. The Morgan fingerprint density at radius 1 is 1.28 bits per heavy atom. The molecule has 0 bridgehead atoms. The fourth-order valence-corrected chi connectivity index (χ4v) is 1.87. The molecule has 0 aliphatic carbocycles. The van der Waals surface area contributed by atoms with Gasteiger partial charge in [-0.15, -0.1) is 0 Å². The lowest BCUT2D eigenvalue weighted by atomic mass is 9.98. The van der Waals surface area contributed by atoms with Gasteiger partial charge in [-0.1, -0.05) is 17.7 Å². The van der Waals surface area contributed by atoms with Crippen molar-refractivity contribution in [2.75, 3.05) is 0 Å². The molecule has 0 spiro atoms. The predicted octanol–water partition coefficient (Wildman–Crippen LogP) is 2.29. The van der Waals surface area contributed by atoms with Crippen molar-refractivity contribution < 1.29 is 14.7 Å². The average Bonchev–Trinajstić information content (AvgIpc) is 2.13. The first-order valence-corrected chi connectivity index (χ1v) is 5.83. The number of benzene rings is 1. The van der Waals surface area contributed by atoms with Crippen LogP contribution in [0.3, 0.4) is 0 Å². The minimum Gasteiger partial charge on any atom is -0.481 e. The molecule has 98 valence electrons. The lowest BCUT2D eigenvalue weighted by molar-refractivity contribution is -0.138. The largest absolute Gasteiger partial charge is 0.481 e. The Morgan fingerprint density at radius 3 is 2.39 bits per heavy atom. The van der Waals surface area contributed by atoms with Crippen molar-refractivity contribution in [3.05, 3.63) is 34.9 Å². The van der Waals surface area contributed by atoms with Gasteiger partial charge in [-0.3, -0.25) is 9.59 Å². The van der Waals surface area contributed by atoms with E-state index in [1.165, 1.54) is 0 Å². The van der Waals surface area contributed by atoms with Crippen molar-refractivity contribution in [1.82, 2.24) is 5.32 Å². The van der Waals surface area contributed by atoms with Gasteiger partial charge in [0.25, 0.3) is 5.91 Å². The molecule has 0 heterocycles. The summed E-state index contributed by atoms with van der Waals surface area (Å²) in [6, 6.07) is 5.56. The van der Waals surface area contributed by atoms with Crippen molar-refractivity contribution in [2.24, 2.45) is 0 Å². The second-order valence-electron chi connectivity index (χ2n) is 5.23. The topological polar surface area (TPSA) is 66.4 Å². The van der Waals surface area contributed by atoms with E-state index in [0.29, 0.717) is 5.56 Å². The Balaban J connectivity index is 2.85. The molecule has 4 heteroatoms. The number of hydrogen-bond donors (Lipinski definition) is 2. The van der Waals surface area contributed by atoms with E-state index >= 15 is 0 Å². The predicted molar refractivity (Wildman–Crippen MR) is 69.7 cm³/mol. The lowest BCUT2D eigenvalue weighted by Gasteiger charge is -2.24. The molecule has 0 aliphatic rings. The van der Waals surface area contributed by atoms with Crippen LogP contribution < -0.4 is 5.32 Å². The molecule has 0 aliphatic heterocycles. The number of aryl methyl sites for hydroxylation is 2. The number of carboxylic acid groups (broad SMARTS) is 1. The zero-order chi connectivity index (χ0) is 13.9. The molecule has 1 aromatic carbocycles. The zero-order valence-electron chi connectivity index (χ0n) is 11.2. The molecule has 0 fully saturated rings. The third-order valence-electron chi connectivity index (χ3n) is 2.67. The summed E-state index contributed by atoms with van der Waals surface area (Å²) in [4.78, 5) is 22.8. The van der Waals surface area contributed by atoms with E-state index in [0.717, 1.165) is 11.1 Å². The molecule has 0 unspecified atom stereocenters. The summed E-state index contributed by atoms with van der Waals surface area (Å²) in [5.41, 5.74) is 1.80. The maximum Gasteiger partial charge on any atom is 0.305 e. The molecule has 1 aromatic rings. The van der Waals surface area contributed by atoms with Gasteiger partial charge in [-0.2, -0.15) is 0 Å². The number of aliphatic carboxylic acids is 1. The average molecular weight is 249 g/mol. The van der Waals surface area contributed by atoms with Crippen LogP contribution in [-0.4, -0.2) is 22.5 Å². The first-order chi connectivity index (χ1) is 8.21. The van der Waals surface area contributed by atoms with Crippen LogP contribution in [0.2, 0.25) is 0 Å². The van der Waals surface area contributed by atoms with Gasteiger partial charge in [0, 0.05) is 11.1 Å². The molecule has 1 amide bonds. The molecule has 4 nitrogen and oxygen atoms in total. The van der Waals surface area contributed by atoms with Crippen LogP contribution >= 0.6 is 0 Å². The van der Waals surface area contributed by atoms with Crippen molar-refractivity contribution in [1.29, 1.82) is 0 Å². The molecule has 0 radical (unpaired) electrons. The Morgan fingerprint density at radius 2 is 1.89 bits per heavy atom. The first kappa shape index (κ1) is 14.2. The van der Waals surface area contributed by atoms with Gasteiger partial charge in [0.15, 0.2) is 0 Å². The fraction of sp³-hybridized carbons (Fsp3) is 0.429. The summed E-state index contributed by atoms with van der Waals surface area (Å²) < 4.78 is 0. The van der Waals surface area contributed by atoms with Crippen LogP contribution in [0.25, 0.3) is 0 Å². The molecule has 0 saturated heterocycles. The lowest BCUT2D eigenvalue weighted by Crippen LogP contribution is -2.45. The smallest absolute Gasteiger partial charge is 0.305 e. The third kappa shape index (κ3) is 3.87. The molecule has 0 aromatic heterocycles. The fourth-order valence-electron chi connectivity index (χ4n) is 1.87. The summed E-state index contributed by atoms with van der Waals surface area (Å²) in [6.07, 6.45) is -0.107. The highest BCUT2D eigenvalue weighted by molar-refractivity contribution is 5.96. The Hall–Kier alpha value is -1.84. The van der Waals surface area contributed by atoms with Gasteiger partial charge in [-0.25, -0.2) is 0 Å². The van der Waals surface area contributed by atoms with Gasteiger partial charge in [0.05, 0.1) is 6.42 Å². The van der Waals surface area contributed by atoms with E-state index in [-0.39, 0.29) is 12.3 Å². The van der Waals surface area contributed by atoms with Crippen LogP contribution in [0.5, 0.6) is 0 Å². The highest BCUT2D eigenvalue weighted by Crippen LogP contribution is 2.14. The number of rotatable bonds is 4. The molecule has 2 N–H and O–H groups in total. The van der Waals surface area contributed by atoms with Crippen molar-refractivity contribution in [2.45, 2.75) is 39.7 Å². The van der Waals surface area contributed by atoms with Crippen molar-refractivity contribution in [3.8, 4) is 0 Å². The van der Waals surface area contributed by atoms with Gasteiger partial charge in [-0.05, 0) is 39.3 Å². The highest BCUT2D eigenvalue weighted by atomic mass is 16.4. The summed E-state index contributed by atoms with van der Waals surface area (Å²) in [5, 5.41) is 11.5. The number of carbonyl (C=O) groups is 2. The van der Waals surface area contributed by atoms with Crippen LogP contribution in [-0.2, 0) is 4.79 Å². The molecular weight excluding hydrogens is 230 g/mol. The standard InChI is InChI=1S/C14H19NO3/c1-9-5-6-11(10(2)7-9)13(18)15-14(3,4)8-12(16)17/h5-7H,8H2,1-4H3,(H,15,18)(H,16,17). The summed E-state index contributed by atoms with van der Waals surface area (Å²) in [7, 11) is 0. The van der Waals surface area contributed by atoms with Gasteiger partial charge >= 0.3 is 5.97 Å². The monoisotopic (exact) mass is 249 g/mol.